The lowest BCUT2D eigenvalue weighted by Gasteiger charge is -2.32. The molecule has 4 rings (SSSR count). The molecule has 2 aliphatic carbocycles. The van der Waals surface area contributed by atoms with E-state index in [0.29, 0.717) is 0 Å². The van der Waals surface area contributed by atoms with Crippen LogP contribution in [0.25, 0.3) is 11.1 Å². The lowest BCUT2D eigenvalue weighted by molar-refractivity contribution is 0.783. The predicted octanol–water partition coefficient (Wildman–Crippen LogP) is 8.84. The number of aryl methyl sites for hydroxylation is 1. The van der Waals surface area contributed by atoms with Gasteiger partial charge in [-0.25, -0.2) is 0 Å². The van der Waals surface area contributed by atoms with Crippen LogP contribution in [0.4, 0.5) is 0 Å². The highest BCUT2D eigenvalue weighted by Gasteiger charge is 2.53. The van der Waals surface area contributed by atoms with E-state index in [4.69, 9.17) is 0 Å². The molecule has 30 heavy (non-hydrogen) atoms. The Hall–Kier alpha value is -2.86. The van der Waals surface area contributed by atoms with Gasteiger partial charge in [-0.05, 0) is 71.7 Å². The summed E-state index contributed by atoms with van der Waals surface area (Å²) in [5, 5.41) is 0. The molecule has 2 aromatic rings. The molecule has 0 amide bonds. The van der Waals surface area contributed by atoms with Gasteiger partial charge < -0.3 is 0 Å². The minimum absolute atomic E-state index is 0. The third kappa shape index (κ3) is 2.89. The van der Waals surface area contributed by atoms with Gasteiger partial charge in [0.05, 0.1) is 5.41 Å². The number of benzene rings is 2. The lowest BCUT2D eigenvalue weighted by atomic mass is 9.69. The monoisotopic (exact) mass is 396 g/mol. The topological polar surface area (TPSA) is 0 Å². The molecule has 0 heteroatoms. The SMILES string of the molecule is C.C.C=CC1=C(/C=C\C)C2(C(=C/C)/C(=C\CC)c3ccccc32)c2cc(C)ccc21. The molecule has 0 saturated heterocycles. The summed E-state index contributed by atoms with van der Waals surface area (Å²) in [7, 11) is 0. The summed E-state index contributed by atoms with van der Waals surface area (Å²) in [6.45, 7) is 12.9. The first-order valence-corrected chi connectivity index (χ1v) is 10.2. The second-order valence-corrected chi connectivity index (χ2v) is 7.60. The van der Waals surface area contributed by atoms with E-state index in [1.807, 2.05) is 6.08 Å². The van der Waals surface area contributed by atoms with E-state index in [0.717, 1.165) is 6.42 Å². The molecule has 0 aliphatic heterocycles. The molecular weight excluding hydrogens is 360 g/mol. The predicted molar refractivity (Wildman–Crippen MR) is 136 cm³/mol. The Morgan fingerprint density at radius 3 is 2.33 bits per heavy atom. The molecule has 0 radical (unpaired) electrons. The summed E-state index contributed by atoms with van der Waals surface area (Å²) in [4.78, 5) is 0. The molecule has 0 fully saturated rings. The van der Waals surface area contributed by atoms with Crippen LogP contribution >= 0.6 is 0 Å². The number of hydrogen-bond acceptors (Lipinski definition) is 0. The van der Waals surface area contributed by atoms with Crippen molar-refractivity contribution in [2.45, 2.75) is 54.4 Å². The van der Waals surface area contributed by atoms with Gasteiger partial charge in [0.1, 0.15) is 0 Å². The summed E-state index contributed by atoms with van der Waals surface area (Å²) in [5.74, 6) is 0. The largest absolute Gasteiger partial charge is 0.0984 e. The van der Waals surface area contributed by atoms with Crippen molar-refractivity contribution >= 4 is 11.1 Å². The van der Waals surface area contributed by atoms with Crippen LogP contribution in [0.2, 0.25) is 0 Å². The van der Waals surface area contributed by atoms with Gasteiger partial charge in [0, 0.05) is 0 Å². The molecule has 1 atom stereocenters. The van der Waals surface area contributed by atoms with Crippen molar-refractivity contribution in [3.8, 4) is 0 Å². The molecule has 2 aliphatic rings. The van der Waals surface area contributed by atoms with E-state index in [-0.39, 0.29) is 20.3 Å². The van der Waals surface area contributed by atoms with Crippen LogP contribution in [0, 0.1) is 6.92 Å². The van der Waals surface area contributed by atoms with E-state index < -0.39 is 0 Å². The molecule has 1 spiro atoms. The number of rotatable bonds is 3. The summed E-state index contributed by atoms with van der Waals surface area (Å²) in [6, 6.07) is 15.8. The van der Waals surface area contributed by atoms with Crippen LogP contribution in [0.15, 0.2) is 90.6 Å². The van der Waals surface area contributed by atoms with Gasteiger partial charge in [-0.1, -0.05) is 107 Å². The van der Waals surface area contributed by atoms with E-state index in [9.17, 15) is 0 Å². The van der Waals surface area contributed by atoms with Crippen LogP contribution in [0.1, 0.15) is 69.9 Å². The summed E-state index contributed by atoms with van der Waals surface area (Å²) < 4.78 is 0. The van der Waals surface area contributed by atoms with Crippen LogP contribution in [-0.2, 0) is 5.41 Å². The zero-order valence-electron chi connectivity index (χ0n) is 17.3. The van der Waals surface area contributed by atoms with Crippen LogP contribution in [0.3, 0.4) is 0 Å². The Balaban J connectivity index is 0.00000160. The number of fused-ring (bicyclic) bond motifs is 4. The van der Waals surface area contributed by atoms with Crippen LogP contribution in [0.5, 0.6) is 0 Å². The Bertz CT molecular complexity index is 1080. The zero-order chi connectivity index (χ0) is 19.9. The highest BCUT2D eigenvalue weighted by Crippen LogP contribution is 2.63. The van der Waals surface area contributed by atoms with Gasteiger partial charge in [0.15, 0.2) is 0 Å². The van der Waals surface area contributed by atoms with Gasteiger partial charge in [-0.2, -0.15) is 0 Å². The summed E-state index contributed by atoms with van der Waals surface area (Å²) >= 11 is 0. The Morgan fingerprint density at radius 2 is 1.70 bits per heavy atom. The maximum Gasteiger partial charge on any atom is 0.0722 e. The van der Waals surface area contributed by atoms with Gasteiger partial charge in [-0.15, -0.1) is 0 Å². The normalized spacial score (nSPS) is 21.7. The minimum atomic E-state index is -0.260. The average Bonchev–Trinajstić information content (AvgIpc) is 3.14. The molecule has 0 saturated carbocycles. The molecular formula is C30H36. The first-order valence-electron chi connectivity index (χ1n) is 10.2. The molecule has 0 N–H and O–H groups in total. The zero-order valence-corrected chi connectivity index (χ0v) is 17.3. The minimum Gasteiger partial charge on any atom is -0.0984 e. The average molecular weight is 397 g/mol. The van der Waals surface area contributed by atoms with Gasteiger partial charge in [0.2, 0.25) is 0 Å². The standard InChI is InChI=1S/C28H28.2CH4/c1-6-12-21-22-14-10-11-15-26(22)28(24(21)9-4)25(13-7-2)20(8-3)23-17-16-19(5)18-27(23)28;;/h7-18H,3,6H2,1-2,4-5H3;2*1H4/b13-7-,21-12-,24-9+;;. The Labute approximate surface area is 184 Å². The van der Waals surface area contributed by atoms with Crippen molar-refractivity contribution in [2.24, 2.45) is 0 Å². The van der Waals surface area contributed by atoms with Gasteiger partial charge in [-0.3, -0.25) is 0 Å². The van der Waals surface area contributed by atoms with E-state index in [1.54, 1.807) is 0 Å². The smallest absolute Gasteiger partial charge is 0.0722 e. The van der Waals surface area contributed by atoms with Gasteiger partial charge >= 0.3 is 0 Å². The fraction of sp³-hybridized carbons (Fsp3) is 0.267. The third-order valence-corrected chi connectivity index (χ3v) is 6.11. The lowest BCUT2D eigenvalue weighted by Crippen LogP contribution is -2.27. The van der Waals surface area contributed by atoms with Crippen LogP contribution < -0.4 is 0 Å². The van der Waals surface area contributed by atoms with E-state index >= 15 is 0 Å². The van der Waals surface area contributed by atoms with Crippen molar-refractivity contribution in [3.05, 3.63) is 118 Å². The van der Waals surface area contributed by atoms with Crippen molar-refractivity contribution in [1.82, 2.24) is 0 Å². The van der Waals surface area contributed by atoms with Gasteiger partial charge in [0.25, 0.3) is 0 Å². The van der Waals surface area contributed by atoms with Crippen molar-refractivity contribution in [2.75, 3.05) is 0 Å². The summed E-state index contributed by atoms with van der Waals surface area (Å²) in [5.41, 5.74) is 11.8. The molecule has 156 valence electrons. The van der Waals surface area contributed by atoms with Crippen molar-refractivity contribution in [1.29, 1.82) is 0 Å². The highest BCUT2D eigenvalue weighted by molar-refractivity contribution is 6.01. The fourth-order valence-corrected chi connectivity index (χ4v) is 5.21. The number of allylic oxidation sites excluding steroid dienone is 9. The van der Waals surface area contributed by atoms with Crippen LogP contribution in [-0.4, -0.2) is 0 Å². The highest BCUT2D eigenvalue weighted by atomic mass is 14.5. The molecule has 0 heterocycles. The Morgan fingerprint density at radius 1 is 0.967 bits per heavy atom. The summed E-state index contributed by atoms with van der Waals surface area (Å²) in [6.07, 6.45) is 12.2. The molecule has 0 aromatic heterocycles. The first-order chi connectivity index (χ1) is 13.6. The van der Waals surface area contributed by atoms with Crippen molar-refractivity contribution in [3.63, 3.8) is 0 Å². The Kier molecular flexibility index (Phi) is 6.93. The second-order valence-electron chi connectivity index (χ2n) is 7.60. The maximum absolute atomic E-state index is 4.19. The number of hydrogen-bond donors (Lipinski definition) is 0. The maximum atomic E-state index is 4.19. The van der Waals surface area contributed by atoms with E-state index in [2.05, 4.69) is 101 Å². The molecule has 2 aromatic carbocycles. The third-order valence-electron chi connectivity index (χ3n) is 6.11. The molecule has 0 bridgehead atoms. The fourth-order valence-electron chi connectivity index (χ4n) is 5.21. The second kappa shape index (κ2) is 8.88. The van der Waals surface area contributed by atoms with Crippen molar-refractivity contribution < 1.29 is 0 Å². The van der Waals surface area contributed by atoms with E-state index in [1.165, 1.54) is 50.1 Å². The first kappa shape index (κ1) is 23.4. The quantitative estimate of drug-likeness (QED) is 0.486. The molecule has 1 unspecified atom stereocenters. The molecule has 0 nitrogen and oxygen atoms in total.